The summed E-state index contributed by atoms with van der Waals surface area (Å²) in [5.74, 6) is 1.27. The largest absolute Gasteiger partial charge is 0.493 e. The third-order valence-electron chi connectivity index (χ3n) is 4.48. The molecular weight excluding hydrogens is 414 g/mol. The molecule has 0 saturated carbocycles. The minimum atomic E-state index is -0.443. The number of ether oxygens (including phenoxy) is 2. The van der Waals surface area contributed by atoms with Crippen LogP contribution in [0.25, 0.3) is 22.9 Å². The molecule has 0 atom stereocenters. The number of hydrogen-bond acceptors (Lipinski definition) is 7. The van der Waals surface area contributed by atoms with E-state index in [1.165, 1.54) is 23.5 Å². The molecule has 7 nitrogen and oxygen atoms in total. The number of allylic oxidation sites excluding steroid dienone is 1. The summed E-state index contributed by atoms with van der Waals surface area (Å²) in [6, 6.07) is 13.9. The van der Waals surface area contributed by atoms with Gasteiger partial charge in [-0.1, -0.05) is 19.4 Å². The molecule has 0 aliphatic heterocycles. The second kappa shape index (κ2) is 10.4. The minimum absolute atomic E-state index is 0.0216. The Morgan fingerprint density at radius 2 is 2.03 bits per heavy atom. The monoisotopic (exact) mass is 435 g/mol. The summed E-state index contributed by atoms with van der Waals surface area (Å²) < 4.78 is 11.2. The standard InChI is InChI=1S/C23H21N3O4S/c1-3-4-11-30-22-13-16(5-10-21(22)29-2)12-18(14-24)23-25-20(15-31-23)17-6-8-19(9-7-17)26(27)28/h5-10,12-13,15H,3-4,11H2,1-2H3/b18-12+. The lowest BCUT2D eigenvalue weighted by molar-refractivity contribution is -0.384. The molecule has 0 bridgehead atoms. The molecule has 0 aliphatic rings. The van der Waals surface area contributed by atoms with E-state index >= 15 is 0 Å². The number of hydrogen-bond donors (Lipinski definition) is 0. The van der Waals surface area contributed by atoms with Crippen molar-refractivity contribution >= 4 is 28.7 Å². The van der Waals surface area contributed by atoms with Crippen LogP contribution in [0, 0.1) is 21.4 Å². The Morgan fingerprint density at radius 3 is 2.68 bits per heavy atom. The van der Waals surface area contributed by atoms with Gasteiger partial charge in [0.1, 0.15) is 11.1 Å². The SMILES string of the molecule is CCCCOc1cc(/C=C(\C#N)c2nc(-c3ccc([N+](=O)[O-])cc3)cs2)ccc1OC. The van der Waals surface area contributed by atoms with E-state index in [0.717, 1.165) is 24.0 Å². The van der Waals surface area contributed by atoms with Crippen LogP contribution < -0.4 is 9.47 Å². The number of benzene rings is 2. The molecule has 3 aromatic rings. The minimum Gasteiger partial charge on any atom is -0.493 e. The van der Waals surface area contributed by atoms with Crippen molar-refractivity contribution in [2.75, 3.05) is 13.7 Å². The molecule has 3 rings (SSSR count). The highest BCUT2D eigenvalue weighted by Gasteiger charge is 2.12. The van der Waals surface area contributed by atoms with E-state index in [2.05, 4.69) is 18.0 Å². The number of methoxy groups -OCH3 is 1. The smallest absolute Gasteiger partial charge is 0.269 e. The van der Waals surface area contributed by atoms with Crippen molar-refractivity contribution in [3.05, 3.63) is 68.5 Å². The Balaban J connectivity index is 1.86. The average molecular weight is 436 g/mol. The molecule has 0 saturated heterocycles. The summed E-state index contributed by atoms with van der Waals surface area (Å²) in [4.78, 5) is 14.9. The number of unbranched alkanes of at least 4 members (excludes halogenated alkanes) is 1. The van der Waals surface area contributed by atoms with Crippen molar-refractivity contribution in [3.8, 4) is 28.8 Å². The molecular formula is C23H21N3O4S. The van der Waals surface area contributed by atoms with Crippen LogP contribution in [0.5, 0.6) is 11.5 Å². The third-order valence-corrected chi connectivity index (χ3v) is 5.36. The van der Waals surface area contributed by atoms with Crippen molar-refractivity contribution in [2.24, 2.45) is 0 Å². The van der Waals surface area contributed by atoms with Gasteiger partial charge in [-0.2, -0.15) is 5.26 Å². The molecule has 0 radical (unpaired) electrons. The quantitative estimate of drug-likeness (QED) is 0.178. The number of nitro groups is 1. The van der Waals surface area contributed by atoms with Crippen molar-refractivity contribution < 1.29 is 14.4 Å². The Kier molecular flexibility index (Phi) is 7.35. The highest BCUT2D eigenvalue weighted by atomic mass is 32.1. The van der Waals surface area contributed by atoms with Crippen molar-refractivity contribution in [1.29, 1.82) is 5.26 Å². The van der Waals surface area contributed by atoms with Gasteiger partial charge < -0.3 is 9.47 Å². The van der Waals surface area contributed by atoms with Crippen LogP contribution >= 0.6 is 11.3 Å². The second-order valence-corrected chi connectivity index (χ2v) is 7.48. The first-order chi connectivity index (χ1) is 15.0. The van der Waals surface area contributed by atoms with E-state index in [1.807, 2.05) is 23.6 Å². The molecule has 0 unspecified atom stereocenters. The van der Waals surface area contributed by atoms with Gasteiger partial charge in [-0.25, -0.2) is 4.98 Å². The van der Waals surface area contributed by atoms with Crippen LogP contribution in [0.4, 0.5) is 5.69 Å². The van der Waals surface area contributed by atoms with Crippen molar-refractivity contribution in [1.82, 2.24) is 4.98 Å². The molecule has 158 valence electrons. The Morgan fingerprint density at radius 1 is 1.26 bits per heavy atom. The molecule has 0 fully saturated rings. The number of nitro benzene ring substituents is 1. The Labute approximate surface area is 184 Å². The number of aromatic nitrogens is 1. The van der Waals surface area contributed by atoms with Gasteiger partial charge in [0.05, 0.1) is 29.9 Å². The lowest BCUT2D eigenvalue weighted by atomic mass is 10.1. The number of thiazole rings is 1. The maximum absolute atomic E-state index is 10.8. The summed E-state index contributed by atoms with van der Waals surface area (Å²) in [7, 11) is 1.59. The number of rotatable bonds is 9. The molecule has 0 amide bonds. The Bertz CT molecular complexity index is 1130. The summed E-state index contributed by atoms with van der Waals surface area (Å²) >= 11 is 1.34. The lowest BCUT2D eigenvalue weighted by Gasteiger charge is -2.11. The third kappa shape index (κ3) is 5.47. The summed E-state index contributed by atoms with van der Waals surface area (Å²) in [5.41, 5.74) is 2.66. The number of non-ortho nitro benzene ring substituents is 1. The fourth-order valence-corrected chi connectivity index (χ4v) is 3.61. The molecule has 1 heterocycles. The topological polar surface area (TPSA) is 98.3 Å². The van der Waals surface area contributed by atoms with Crippen LogP contribution in [0.15, 0.2) is 47.8 Å². The van der Waals surface area contributed by atoms with Gasteiger partial charge in [-0.3, -0.25) is 10.1 Å². The first kappa shape index (κ1) is 22.0. The van der Waals surface area contributed by atoms with Crippen molar-refractivity contribution in [3.63, 3.8) is 0 Å². The lowest BCUT2D eigenvalue weighted by Crippen LogP contribution is -1.99. The van der Waals surface area contributed by atoms with Gasteiger partial charge >= 0.3 is 0 Å². The zero-order chi connectivity index (χ0) is 22.2. The highest BCUT2D eigenvalue weighted by molar-refractivity contribution is 7.11. The number of nitriles is 1. The van der Waals surface area contributed by atoms with Gasteiger partial charge in [-0.05, 0) is 42.3 Å². The van der Waals surface area contributed by atoms with Gasteiger partial charge in [-0.15, -0.1) is 11.3 Å². The van der Waals surface area contributed by atoms with Gasteiger partial charge in [0.15, 0.2) is 11.5 Å². The molecule has 31 heavy (non-hydrogen) atoms. The van der Waals surface area contributed by atoms with Gasteiger partial charge in [0, 0.05) is 23.1 Å². The van der Waals surface area contributed by atoms with Crippen LogP contribution in [-0.4, -0.2) is 23.6 Å². The van der Waals surface area contributed by atoms with E-state index in [1.54, 1.807) is 25.3 Å². The summed E-state index contributed by atoms with van der Waals surface area (Å²) in [6.45, 7) is 2.69. The van der Waals surface area contributed by atoms with E-state index in [9.17, 15) is 15.4 Å². The second-order valence-electron chi connectivity index (χ2n) is 6.62. The van der Waals surface area contributed by atoms with E-state index in [4.69, 9.17) is 9.47 Å². The molecule has 2 aromatic carbocycles. The zero-order valence-corrected chi connectivity index (χ0v) is 18.0. The zero-order valence-electron chi connectivity index (χ0n) is 17.2. The summed E-state index contributed by atoms with van der Waals surface area (Å²) in [5, 5.41) is 22.9. The van der Waals surface area contributed by atoms with Gasteiger partial charge in [0.2, 0.25) is 0 Å². The van der Waals surface area contributed by atoms with Crippen LogP contribution in [0.1, 0.15) is 30.3 Å². The maximum atomic E-state index is 10.8. The van der Waals surface area contributed by atoms with Crippen LogP contribution in [0.3, 0.4) is 0 Å². The van der Waals surface area contributed by atoms with E-state index in [0.29, 0.717) is 34.4 Å². The first-order valence-corrected chi connectivity index (χ1v) is 10.6. The maximum Gasteiger partial charge on any atom is 0.269 e. The highest BCUT2D eigenvalue weighted by Crippen LogP contribution is 2.32. The van der Waals surface area contributed by atoms with Crippen LogP contribution in [0.2, 0.25) is 0 Å². The van der Waals surface area contributed by atoms with Crippen LogP contribution in [-0.2, 0) is 0 Å². The first-order valence-electron chi connectivity index (χ1n) is 9.69. The fraction of sp³-hybridized carbons (Fsp3) is 0.217. The fourth-order valence-electron chi connectivity index (χ4n) is 2.81. The molecule has 0 spiro atoms. The molecule has 1 aromatic heterocycles. The predicted octanol–water partition coefficient (Wildman–Crippen LogP) is 5.97. The van der Waals surface area contributed by atoms with E-state index < -0.39 is 4.92 Å². The van der Waals surface area contributed by atoms with E-state index in [-0.39, 0.29) is 5.69 Å². The Hall–Kier alpha value is -3.70. The molecule has 0 aliphatic carbocycles. The average Bonchev–Trinajstić information content (AvgIpc) is 3.28. The normalized spacial score (nSPS) is 11.1. The summed E-state index contributed by atoms with van der Waals surface area (Å²) in [6.07, 6.45) is 3.73. The van der Waals surface area contributed by atoms with Gasteiger partial charge in [0.25, 0.3) is 5.69 Å². The molecule has 0 N–H and O–H groups in total. The van der Waals surface area contributed by atoms with Crippen molar-refractivity contribution in [2.45, 2.75) is 19.8 Å². The predicted molar refractivity (Wildman–Crippen MR) is 121 cm³/mol. The number of nitrogens with zero attached hydrogens (tertiary/aromatic N) is 3. The molecule has 8 heteroatoms.